The number of fused-ring (bicyclic) bond motifs is 1. The van der Waals surface area contributed by atoms with Crippen LogP contribution in [0, 0.1) is 0 Å². The first-order valence-corrected chi connectivity index (χ1v) is 9.09. The second-order valence-electron chi connectivity index (χ2n) is 6.36. The van der Waals surface area contributed by atoms with E-state index in [1.165, 1.54) is 6.07 Å². The Balaban J connectivity index is 2.12. The van der Waals surface area contributed by atoms with Crippen LogP contribution in [-0.4, -0.2) is 26.9 Å². The third kappa shape index (κ3) is 3.36. The lowest BCUT2D eigenvalue weighted by Gasteiger charge is -2.28. The van der Waals surface area contributed by atoms with Crippen molar-refractivity contribution in [1.29, 1.82) is 0 Å². The van der Waals surface area contributed by atoms with Crippen molar-refractivity contribution in [3.8, 4) is 11.5 Å². The van der Waals surface area contributed by atoms with Gasteiger partial charge in [-0.05, 0) is 54.5 Å². The Morgan fingerprint density at radius 3 is 2.59 bits per heavy atom. The summed E-state index contributed by atoms with van der Waals surface area (Å²) in [5.41, 5.74) is 3.73. The molecule has 0 amide bonds. The SMILES string of the molecule is C=C(c1cc(CC)c(O)cc1O)N(C(=S)NC)c1ccc2c(ccn2C)c1. The molecule has 5 nitrogen and oxygen atoms in total. The average Bonchev–Trinajstić information content (AvgIpc) is 3.02. The first kappa shape index (κ1) is 18.8. The number of benzene rings is 2. The second kappa shape index (κ2) is 7.32. The largest absolute Gasteiger partial charge is 0.508 e. The highest BCUT2D eigenvalue weighted by atomic mass is 32.1. The van der Waals surface area contributed by atoms with E-state index >= 15 is 0 Å². The number of rotatable bonds is 4. The molecule has 0 saturated carbocycles. The quantitative estimate of drug-likeness (QED) is 0.593. The Morgan fingerprint density at radius 1 is 1.19 bits per heavy atom. The summed E-state index contributed by atoms with van der Waals surface area (Å²) < 4.78 is 2.05. The number of hydrogen-bond donors (Lipinski definition) is 3. The summed E-state index contributed by atoms with van der Waals surface area (Å²) in [7, 11) is 3.75. The monoisotopic (exact) mass is 381 g/mol. The molecule has 3 rings (SSSR count). The van der Waals surface area contributed by atoms with Gasteiger partial charge >= 0.3 is 0 Å². The molecule has 1 heterocycles. The molecule has 1 aromatic heterocycles. The molecule has 0 fully saturated rings. The summed E-state index contributed by atoms with van der Waals surface area (Å²) in [5.74, 6) is 0.0272. The molecule has 3 aromatic rings. The van der Waals surface area contributed by atoms with E-state index in [2.05, 4.69) is 11.9 Å². The summed E-state index contributed by atoms with van der Waals surface area (Å²) in [4.78, 5) is 1.79. The van der Waals surface area contributed by atoms with Crippen molar-refractivity contribution in [1.82, 2.24) is 9.88 Å². The van der Waals surface area contributed by atoms with E-state index in [0.29, 0.717) is 22.8 Å². The zero-order valence-corrected chi connectivity index (χ0v) is 16.5. The van der Waals surface area contributed by atoms with E-state index in [1.54, 1.807) is 18.0 Å². The van der Waals surface area contributed by atoms with Crippen LogP contribution >= 0.6 is 12.2 Å². The van der Waals surface area contributed by atoms with E-state index in [-0.39, 0.29) is 11.5 Å². The highest BCUT2D eigenvalue weighted by molar-refractivity contribution is 7.80. The normalized spacial score (nSPS) is 10.8. The Bertz CT molecular complexity index is 1040. The maximum atomic E-state index is 10.4. The number of anilines is 1. The zero-order chi connectivity index (χ0) is 19.7. The highest BCUT2D eigenvalue weighted by Crippen LogP contribution is 2.36. The number of aromatic hydroxyl groups is 2. The molecule has 27 heavy (non-hydrogen) atoms. The molecule has 0 radical (unpaired) electrons. The Morgan fingerprint density at radius 2 is 1.93 bits per heavy atom. The molecule has 0 aliphatic rings. The van der Waals surface area contributed by atoms with Crippen molar-refractivity contribution >= 4 is 39.6 Å². The van der Waals surface area contributed by atoms with Gasteiger partial charge in [-0.25, -0.2) is 0 Å². The predicted molar refractivity (Wildman–Crippen MR) is 115 cm³/mol. The van der Waals surface area contributed by atoms with E-state index < -0.39 is 0 Å². The topological polar surface area (TPSA) is 60.7 Å². The summed E-state index contributed by atoms with van der Waals surface area (Å²) >= 11 is 5.51. The zero-order valence-electron chi connectivity index (χ0n) is 15.7. The molecule has 0 aliphatic heterocycles. The van der Waals surface area contributed by atoms with Crippen molar-refractivity contribution in [3.63, 3.8) is 0 Å². The second-order valence-corrected chi connectivity index (χ2v) is 6.75. The molecule has 0 unspecified atom stereocenters. The lowest BCUT2D eigenvalue weighted by molar-refractivity contribution is 0.445. The smallest absolute Gasteiger partial charge is 0.177 e. The standard InChI is InChI=1S/C21H23N3O2S/c1-5-14-11-17(20(26)12-19(14)25)13(2)24(21(27)22-3)16-6-7-18-15(10-16)8-9-23(18)4/h6-12,25-26H,2,5H2,1,3-4H3,(H,22,27). The van der Waals surface area contributed by atoms with Crippen LogP contribution < -0.4 is 10.2 Å². The Hall–Kier alpha value is -2.99. The van der Waals surface area contributed by atoms with Gasteiger partial charge in [0.2, 0.25) is 0 Å². The van der Waals surface area contributed by atoms with Gasteiger partial charge in [0, 0.05) is 48.5 Å². The fourth-order valence-electron chi connectivity index (χ4n) is 3.17. The third-order valence-electron chi connectivity index (χ3n) is 4.70. The van der Waals surface area contributed by atoms with Gasteiger partial charge in [-0.2, -0.15) is 0 Å². The van der Waals surface area contributed by atoms with E-state index in [0.717, 1.165) is 22.2 Å². The van der Waals surface area contributed by atoms with Gasteiger partial charge in [-0.3, -0.25) is 4.90 Å². The lowest BCUT2D eigenvalue weighted by atomic mass is 10.0. The number of aromatic nitrogens is 1. The molecule has 3 N–H and O–H groups in total. The van der Waals surface area contributed by atoms with Gasteiger partial charge in [0.05, 0.1) is 5.70 Å². The first-order valence-electron chi connectivity index (χ1n) is 8.68. The number of nitrogens with one attached hydrogen (secondary N) is 1. The van der Waals surface area contributed by atoms with Crippen LogP contribution in [-0.2, 0) is 13.5 Å². The van der Waals surface area contributed by atoms with Gasteiger partial charge in [0.15, 0.2) is 5.11 Å². The van der Waals surface area contributed by atoms with Crippen LogP contribution in [0.2, 0.25) is 0 Å². The minimum Gasteiger partial charge on any atom is -0.508 e. The molecule has 2 aromatic carbocycles. The van der Waals surface area contributed by atoms with Gasteiger partial charge in [-0.15, -0.1) is 0 Å². The third-order valence-corrected chi connectivity index (χ3v) is 5.09. The summed E-state index contributed by atoms with van der Waals surface area (Å²) in [6.07, 6.45) is 2.64. The van der Waals surface area contributed by atoms with Gasteiger partial charge in [0.25, 0.3) is 0 Å². The van der Waals surface area contributed by atoms with Crippen LogP contribution in [0.15, 0.2) is 49.2 Å². The summed E-state index contributed by atoms with van der Waals surface area (Å²) in [5, 5.41) is 24.9. The molecule has 140 valence electrons. The maximum Gasteiger partial charge on any atom is 0.177 e. The van der Waals surface area contributed by atoms with E-state index in [9.17, 15) is 10.2 Å². The minimum absolute atomic E-state index is 0.0422. The molecule has 6 heteroatoms. The van der Waals surface area contributed by atoms with E-state index in [1.807, 2.05) is 49.0 Å². The molecule has 0 spiro atoms. The fraction of sp³-hybridized carbons (Fsp3) is 0.190. The van der Waals surface area contributed by atoms with Crippen molar-refractivity contribution in [3.05, 3.63) is 60.3 Å². The van der Waals surface area contributed by atoms with Crippen LogP contribution in [0.3, 0.4) is 0 Å². The van der Waals surface area contributed by atoms with Gasteiger partial charge in [0.1, 0.15) is 11.5 Å². The van der Waals surface area contributed by atoms with E-state index in [4.69, 9.17) is 12.2 Å². The minimum atomic E-state index is -0.0422. The summed E-state index contributed by atoms with van der Waals surface area (Å²) in [6, 6.07) is 11.2. The average molecular weight is 382 g/mol. The Kier molecular flexibility index (Phi) is 5.10. The molecule has 0 atom stereocenters. The number of aryl methyl sites for hydroxylation is 2. The van der Waals surface area contributed by atoms with Gasteiger partial charge in [-0.1, -0.05) is 13.5 Å². The first-order chi connectivity index (χ1) is 12.9. The molecular weight excluding hydrogens is 358 g/mol. The van der Waals surface area contributed by atoms with Crippen molar-refractivity contribution < 1.29 is 10.2 Å². The Labute approximate surface area is 164 Å². The molecule has 0 saturated heterocycles. The van der Waals surface area contributed by atoms with Crippen molar-refractivity contribution in [2.45, 2.75) is 13.3 Å². The number of thiocarbonyl (C=S) groups is 1. The van der Waals surface area contributed by atoms with Crippen LogP contribution in [0.5, 0.6) is 11.5 Å². The number of phenolic OH excluding ortho intramolecular Hbond substituents is 2. The number of hydrogen-bond acceptors (Lipinski definition) is 3. The predicted octanol–water partition coefficient (Wildman–Crippen LogP) is 4.13. The molecule has 0 aliphatic carbocycles. The highest BCUT2D eigenvalue weighted by Gasteiger charge is 2.20. The molecular formula is C21H23N3O2S. The van der Waals surface area contributed by atoms with Crippen LogP contribution in [0.4, 0.5) is 5.69 Å². The van der Waals surface area contributed by atoms with Crippen LogP contribution in [0.1, 0.15) is 18.1 Å². The number of phenols is 2. The fourth-order valence-corrected chi connectivity index (χ4v) is 3.39. The lowest BCUT2D eigenvalue weighted by Crippen LogP contribution is -2.36. The van der Waals surface area contributed by atoms with Crippen LogP contribution in [0.25, 0.3) is 16.6 Å². The summed E-state index contributed by atoms with van der Waals surface area (Å²) in [6.45, 7) is 6.12. The van der Waals surface area contributed by atoms with Gasteiger partial charge < -0.3 is 20.1 Å². The van der Waals surface area contributed by atoms with Crippen molar-refractivity contribution in [2.75, 3.05) is 11.9 Å². The van der Waals surface area contributed by atoms with Crippen molar-refractivity contribution in [2.24, 2.45) is 7.05 Å². The molecule has 0 bridgehead atoms. The number of nitrogens with zero attached hydrogens (tertiary/aromatic N) is 2. The maximum absolute atomic E-state index is 10.4.